The number of amides is 2. The normalized spacial score (nSPS) is 19.2. The monoisotopic (exact) mass is 255 g/mol. The van der Waals surface area contributed by atoms with E-state index in [1.54, 1.807) is 6.92 Å². The van der Waals surface area contributed by atoms with Crippen molar-refractivity contribution in [3.05, 3.63) is 0 Å². The van der Waals surface area contributed by atoms with Gasteiger partial charge in [0, 0.05) is 19.0 Å². The third-order valence-corrected chi connectivity index (χ3v) is 3.44. The maximum atomic E-state index is 12.1. The van der Waals surface area contributed by atoms with Crippen LogP contribution in [0.4, 0.5) is 0 Å². The zero-order valence-corrected chi connectivity index (χ0v) is 11.4. The molecule has 0 aromatic carbocycles. The Kier molecular flexibility index (Phi) is 6.12. The second-order valence-electron chi connectivity index (χ2n) is 5.09. The average molecular weight is 255 g/mol. The van der Waals surface area contributed by atoms with E-state index in [2.05, 4.69) is 5.32 Å². The molecule has 104 valence electrons. The number of nitrogens with zero attached hydrogens (tertiary/aromatic N) is 1. The van der Waals surface area contributed by atoms with Crippen molar-refractivity contribution < 1.29 is 9.59 Å². The topological polar surface area (TPSA) is 75.4 Å². The van der Waals surface area contributed by atoms with Gasteiger partial charge >= 0.3 is 0 Å². The van der Waals surface area contributed by atoms with Crippen LogP contribution < -0.4 is 11.1 Å². The van der Waals surface area contributed by atoms with Crippen LogP contribution in [-0.2, 0) is 9.59 Å². The summed E-state index contributed by atoms with van der Waals surface area (Å²) in [5.41, 5.74) is 5.42. The molecule has 1 fully saturated rings. The zero-order valence-electron chi connectivity index (χ0n) is 11.4. The first-order valence-corrected chi connectivity index (χ1v) is 6.85. The van der Waals surface area contributed by atoms with Crippen molar-refractivity contribution in [2.75, 3.05) is 19.6 Å². The van der Waals surface area contributed by atoms with Gasteiger partial charge in [0.1, 0.15) is 6.04 Å². The van der Waals surface area contributed by atoms with Gasteiger partial charge in [0.15, 0.2) is 0 Å². The van der Waals surface area contributed by atoms with E-state index in [1.165, 1.54) is 6.42 Å². The summed E-state index contributed by atoms with van der Waals surface area (Å²) >= 11 is 0. The molecular weight excluding hydrogens is 230 g/mol. The highest BCUT2D eigenvalue weighted by Gasteiger charge is 2.24. The molecule has 2 atom stereocenters. The Bertz CT molecular complexity index is 288. The van der Waals surface area contributed by atoms with Gasteiger partial charge < -0.3 is 16.0 Å². The molecule has 1 aliphatic rings. The van der Waals surface area contributed by atoms with Crippen LogP contribution in [0, 0.1) is 5.92 Å². The molecule has 0 saturated carbocycles. The Balaban J connectivity index is 2.41. The van der Waals surface area contributed by atoms with Gasteiger partial charge in [0.05, 0.1) is 0 Å². The number of hydrogen-bond donors (Lipinski definition) is 2. The maximum Gasteiger partial charge on any atom is 0.244 e. The quantitative estimate of drug-likeness (QED) is 0.750. The highest BCUT2D eigenvalue weighted by molar-refractivity contribution is 5.88. The molecule has 0 radical (unpaired) electrons. The number of nitrogens with two attached hydrogens (primary N) is 1. The molecule has 0 aliphatic carbocycles. The summed E-state index contributed by atoms with van der Waals surface area (Å²) < 4.78 is 0. The van der Waals surface area contributed by atoms with E-state index in [1.807, 2.05) is 11.8 Å². The summed E-state index contributed by atoms with van der Waals surface area (Å²) in [6.45, 7) is 5.71. The van der Waals surface area contributed by atoms with E-state index in [-0.39, 0.29) is 17.7 Å². The number of carbonyl (C=O) groups excluding carboxylic acids is 2. The second kappa shape index (κ2) is 7.36. The third-order valence-electron chi connectivity index (χ3n) is 3.44. The lowest BCUT2D eigenvalue weighted by Crippen LogP contribution is -2.49. The first kappa shape index (κ1) is 15.0. The molecule has 0 aromatic rings. The van der Waals surface area contributed by atoms with Crippen molar-refractivity contribution in [2.24, 2.45) is 11.7 Å². The molecule has 3 N–H and O–H groups in total. The molecule has 1 heterocycles. The van der Waals surface area contributed by atoms with Gasteiger partial charge in [-0.15, -0.1) is 0 Å². The molecule has 18 heavy (non-hydrogen) atoms. The lowest BCUT2D eigenvalue weighted by atomic mass is 10.1. The van der Waals surface area contributed by atoms with Gasteiger partial charge in [-0.1, -0.05) is 6.92 Å². The zero-order chi connectivity index (χ0) is 13.5. The minimum atomic E-state index is -0.434. The summed E-state index contributed by atoms with van der Waals surface area (Å²) in [6.07, 6.45) is 3.97. The van der Waals surface area contributed by atoms with E-state index < -0.39 is 6.04 Å². The van der Waals surface area contributed by atoms with Crippen LogP contribution in [-0.4, -0.2) is 42.4 Å². The largest absolute Gasteiger partial charge is 0.344 e. The summed E-state index contributed by atoms with van der Waals surface area (Å²) in [7, 11) is 0. The Morgan fingerprint density at radius 1 is 1.22 bits per heavy atom. The van der Waals surface area contributed by atoms with Gasteiger partial charge in [0.25, 0.3) is 0 Å². The van der Waals surface area contributed by atoms with Crippen LogP contribution in [0.15, 0.2) is 0 Å². The third kappa shape index (κ3) is 4.29. The van der Waals surface area contributed by atoms with Crippen molar-refractivity contribution >= 4 is 11.8 Å². The standard InChI is InChI=1S/C13H25N3O2/c1-10(6-7-14)12(17)15-11(2)13(18)16-8-4-3-5-9-16/h10-11H,3-9,14H2,1-2H3,(H,15,17). The molecular formula is C13H25N3O2. The SMILES string of the molecule is CC(CCN)C(=O)NC(C)C(=O)N1CCCCC1. The second-order valence-corrected chi connectivity index (χ2v) is 5.09. The Morgan fingerprint density at radius 2 is 1.83 bits per heavy atom. The molecule has 1 rings (SSSR count). The average Bonchev–Trinajstić information content (AvgIpc) is 2.39. The molecule has 1 aliphatic heterocycles. The number of piperidine rings is 1. The van der Waals surface area contributed by atoms with Gasteiger partial charge in [0.2, 0.25) is 11.8 Å². The van der Waals surface area contributed by atoms with Crippen molar-refractivity contribution in [3.8, 4) is 0 Å². The van der Waals surface area contributed by atoms with Gasteiger partial charge in [-0.3, -0.25) is 9.59 Å². The van der Waals surface area contributed by atoms with Crippen molar-refractivity contribution in [1.82, 2.24) is 10.2 Å². The molecule has 0 spiro atoms. The van der Waals surface area contributed by atoms with Crippen LogP contribution in [0.1, 0.15) is 39.5 Å². The highest BCUT2D eigenvalue weighted by Crippen LogP contribution is 2.10. The van der Waals surface area contributed by atoms with Crippen molar-refractivity contribution in [1.29, 1.82) is 0 Å². The molecule has 0 bridgehead atoms. The fourth-order valence-corrected chi connectivity index (χ4v) is 2.19. The summed E-state index contributed by atoms with van der Waals surface area (Å²) in [5, 5.41) is 2.78. The fourth-order valence-electron chi connectivity index (χ4n) is 2.19. The minimum absolute atomic E-state index is 0.0306. The Hall–Kier alpha value is -1.10. The Labute approximate surface area is 109 Å². The summed E-state index contributed by atoms with van der Waals surface area (Å²) in [6, 6.07) is -0.434. The van der Waals surface area contributed by atoms with E-state index in [0.717, 1.165) is 25.9 Å². The smallest absolute Gasteiger partial charge is 0.244 e. The van der Waals surface area contributed by atoms with Crippen LogP contribution >= 0.6 is 0 Å². The lowest BCUT2D eigenvalue weighted by Gasteiger charge is -2.29. The van der Waals surface area contributed by atoms with E-state index in [9.17, 15) is 9.59 Å². The number of likely N-dealkylation sites (tertiary alicyclic amines) is 1. The Morgan fingerprint density at radius 3 is 2.39 bits per heavy atom. The molecule has 2 amide bonds. The number of rotatable bonds is 5. The lowest BCUT2D eigenvalue weighted by molar-refractivity contribution is -0.137. The molecule has 2 unspecified atom stereocenters. The van der Waals surface area contributed by atoms with E-state index in [4.69, 9.17) is 5.73 Å². The maximum absolute atomic E-state index is 12.1. The van der Waals surface area contributed by atoms with Crippen LogP contribution in [0.5, 0.6) is 0 Å². The number of hydrogen-bond acceptors (Lipinski definition) is 3. The van der Waals surface area contributed by atoms with Crippen molar-refractivity contribution in [2.45, 2.75) is 45.6 Å². The summed E-state index contributed by atoms with van der Waals surface area (Å²) in [5.74, 6) is -0.187. The van der Waals surface area contributed by atoms with Gasteiger partial charge in [-0.25, -0.2) is 0 Å². The number of nitrogens with one attached hydrogen (secondary N) is 1. The predicted molar refractivity (Wildman–Crippen MR) is 70.9 cm³/mol. The number of carbonyl (C=O) groups is 2. The van der Waals surface area contributed by atoms with Crippen LogP contribution in [0.25, 0.3) is 0 Å². The molecule has 1 saturated heterocycles. The highest BCUT2D eigenvalue weighted by atomic mass is 16.2. The first-order valence-electron chi connectivity index (χ1n) is 6.85. The molecule has 5 nitrogen and oxygen atoms in total. The molecule has 5 heteroatoms. The van der Waals surface area contributed by atoms with E-state index >= 15 is 0 Å². The van der Waals surface area contributed by atoms with Crippen LogP contribution in [0.2, 0.25) is 0 Å². The first-order chi connectivity index (χ1) is 8.56. The minimum Gasteiger partial charge on any atom is -0.344 e. The van der Waals surface area contributed by atoms with Crippen molar-refractivity contribution in [3.63, 3.8) is 0 Å². The molecule has 0 aromatic heterocycles. The van der Waals surface area contributed by atoms with Gasteiger partial charge in [-0.05, 0) is 39.2 Å². The summed E-state index contributed by atoms with van der Waals surface area (Å²) in [4.78, 5) is 25.7. The fraction of sp³-hybridized carbons (Fsp3) is 0.846. The predicted octanol–water partition coefficient (Wildman–Crippen LogP) is 0.489. The van der Waals surface area contributed by atoms with Crippen LogP contribution in [0.3, 0.4) is 0 Å². The van der Waals surface area contributed by atoms with Gasteiger partial charge in [-0.2, -0.15) is 0 Å². The van der Waals surface area contributed by atoms with E-state index in [0.29, 0.717) is 13.0 Å².